The van der Waals surface area contributed by atoms with Crippen molar-refractivity contribution in [3.05, 3.63) is 84.1 Å². The van der Waals surface area contributed by atoms with Gasteiger partial charge in [0.15, 0.2) is 0 Å². The molecule has 2 aromatic carbocycles. The van der Waals surface area contributed by atoms with Crippen LogP contribution in [-0.4, -0.2) is 12.1 Å². The molecule has 0 atom stereocenters. The van der Waals surface area contributed by atoms with Crippen molar-refractivity contribution in [3.8, 4) is 17.0 Å². The number of ether oxygens (including phenoxy) is 1. The zero-order valence-electron chi connectivity index (χ0n) is 12.7. The summed E-state index contributed by atoms with van der Waals surface area (Å²) in [7, 11) is 1.65. The van der Waals surface area contributed by atoms with E-state index in [2.05, 4.69) is 53.5 Å². The maximum Gasteiger partial charge on any atom is 0.213 e. The fourth-order valence-corrected chi connectivity index (χ4v) is 2.50. The lowest BCUT2D eigenvalue weighted by Crippen LogP contribution is -1.94. The molecule has 0 aliphatic rings. The molecule has 2 heteroatoms. The summed E-state index contributed by atoms with van der Waals surface area (Å²) >= 11 is 0. The molecular formula is C20H19NO. The van der Waals surface area contributed by atoms with Gasteiger partial charge in [0.25, 0.3) is 0 Å². The normalized spacial score (nSPS) is 10.4. The van der Waals surface area contributed by atoms with Gasteiger partial charge in [0.05, 0.1) is 7.11 Å². The van der Waals surface area contributed by atoms with Gasteiger partial charge in [0.1, 0.15) is 0 Å². The summed E-state index contributed by atoms with van der Waals surface area (Å²) in [6, 6.07) is 23.3. The monoisotopic (exact) mass is 289 g/mol. The molecule has 0 fully saturated rings. The number of hydrogen-bond acceptors (Lipinski definition) is 2. The zero-order chi connectivity index (χ0) is 15.2. The van der Waals surface area contributed by atoms with Crippen LogP contribution in [0.25, 0.3) is 11.1 Å². The topological polar surface area (TPSA) is 22.1 Å². The second-order valence-corrected chi connectivity index (χ2v) is 5.27. The highest BCUT2D eigenvalue weighted by atomic mass is 16.5. The first-order chi connectivity index (χ1) is 10.8. The number of rotatable bonds is 5. The van der Waals surface area contributed by atoms with E-state index >= 15 is 0 Å². The Kier molecular flexibility index (Phi) is 4.50. The number of hydrogen-bond donors (Lipinski definition) is 0. The molecule has 0 spiro atoms. The molecule has 3 rings (SSSR count). The van der Waals surface area contributed by atoms with Crippen molar-refractivity contribution < 1.29 is 4.74 Å². The fraction of sp³-hybridized carbons (Fsp3) is 0.150. The minimum atomic E-state index is 0.678. The summed E-state index contributed by atoms with van der Waals surface area (Å²) in [5, 5.41) is 0. The third kappa shape index (κ3) is 3.53. The van der Waals surface area contributed by atoms with Crippen molar-refractivity contribution in [3.63, 3.8) is 0 Å². The molecule has 0 aliphatic heterocycles. The molecule has 1 heterocycles. The Balaban J connectivity index is 1.66. The Morgan fingerprint density at radius 3 is 2.18 bits per heavy atom. The standard InChI is InChI=1S/C20H19NO/c1-22-20-15-17(13-14-21-20)8-7-16-9-11-19(12-10-16)18-5-3-2-4-6-18/h2-6,9-15H,7-8H2,1H3. The number of pyridine rings is 1. The van der Waals surface area contributed by atoms with E-state index in [-0.39, 0.29) is 0 Å². The lowest BCUT2D eigenvalue weighted by atomic mass is 10.0. The minimum Gasteiger partial charge on any atom is -0.481 e. The second kappa shape index (κ2) is 6.90. The maximum absolute atomic E-state index is 5.16. The molecular weight excluding hydrogens is 270 g/mol. The molecule has 0 saturated heterocycles. The number of methoxy groups -OCH3 is 1. The summed E-state index contributed by atoms with van der Waals surface area (Å²) in [5.41, 5.74) is 5.11. The summed E-state index contributed by atoms with van der Waals surface area (Å²) < 4.78 is 5.16. The van der Waals surface area contributed by atoms with E-state index in [1.807, 2.05) is 18.2 Å². The predicted molar refractivity (Wildman–Crippen MR) is 90.1 cm³/mol. The number of aromatic nitrogens is 1. The predicted octanol–water partition coefficient (Wildman–Crippen LogP) is 4.54. The van der Waals surface area contributed by atoms with Crippen molar-refractivity contribution in [2.45, 2.75) is 12.8 Å². The van der Waals surface area contributed by atoms with Gasteiger partial charge >= 0.3 is 0 Å². The summed E-state index contributed by atoms with van der Waals surface area (Å²) in [4.78, 5) is 4.14. The molecule has 110 valence electrons. The minimum absolute atomic E-state index is 0.678. The highest BCUT2D eigenvalue weighted by Gasteiger charge is 2.00. The molecule has 0 unspecified atom stereocenters. The second-order valence-electron chi connectivity index (χ2n) is 5.27. The van der Waals surface area contributed by atoms with Crippen LogP contribution in [0.2, 0.25) is 0 Å². The van der Waals surface area contributed by atoms with Crippen LogP contribution in [0.4, 0.5) is 0 Å². The van der Waals surface area contributed by atoms with Crippen LogP contribution in [0.1, 0.15) is 11.1 Å². The number of benzene rings is 2. The van der Waals surface area contributed by atoms with E-state index in [0.29, 0.717) is 5.88 Å². The van der Waals surface area contributed by atoms with E-state index in [1.54, 1.807) is 13.3 Å². The van der Waals surface area contributed by atoms with E-state index in [0.717, 1.165) is 12.8 Å². The quantitative estimate of drug-likeness (QED) is 0.688. The number of aryl methyl sites for hydroxylation is 2. The molecule has 0 N–H and O–H groups in total. The van der Waals surface area contributed by atoms with Gasteiger partial charge in [-0.2, -0.15) is 0 Å². The lowest BCUT2D eigenvalue weighted by molar-refractivity contribution is 0.397. The molecule has 0 saturated carbocycles. The van der Waals surface area contributed by atoms with E-state index in [1.165, 1.54) is 22.3 Å². The molecule has 2 nitrogen and oxygen atoms in total. The van der Waals surface area contributed by atoms with Gasteiger partial charge in [0, 0.05) is 12.3 Å². The van der Waals surface area contributed by atoms with Gasteiger partial charge in [-0.1, -0.05) is 54.6 Å². The van der Waals surface area contributed by atoms with Crippen LogP contribution in [-0.2, 0) is 12.8 Å². The van der Waals surface area contributed by atoms with Gasteiger partial charge in [-0.3, -0.25) is 0 Å². The van der Waals surface area contributed by atoms with Crippen LogP contribution >= 0.6 is 0 Å². The molecule has 22 heavy (non-hydrogen) atoms. The maximum atomic E-state index is 5.16. The van der Waals surface area contributed by atoms with Gasteiger partial charge in [0.2, 0.25) is 5.88 Å². The zero-order valence-corrected chi connectivity index (χ0v) is 12.7. The van der Waals surface area contributed by atoms with Gasteiger partial charge < -0.3 is 4.74 Å². The Hall–Kier alpha value is -2.61. The smallest absolute Gasteiger partial charge is 0.213 e. The first-order valence-corrected chi connectivity index (χ1v) is 7.48. The SMILES string of the molecule is COc1cc(CCc2ccc(-c3ccccc3)cc2)ccn1. The first kappa shape index (κ1) is 14.3. The van der Waals surface area contributed by atoms with E-state index in [4.69, 9.17) is 4.74 Å². The van der Waals surface area contributed by atoms with Crippen molar-refractivity contribution in [2.75, 3.05) is 7.11 Å². The van der Waals surface area contributed by atoms with Crippen molar-refractivity contribution >= 4 is 0 Å². The molecule has 3 aromatic rings. The van der Waals surface area contributed by atoms with Crippen LogP contribution in [0.5, 0.6) is 5.88 Å². The molecule has 0 aliphatic carbocycles. The molecule has 0 amide bonds. The molecule has 0 bridgehead atoms. The molecule has 0 radical (unpaired) electrons. The van der Waals surface area contributed by atoms with Crippen molar-refractivity contribution in [1.29, 1.82) is 0 Å². The van der Waals surface area contributed by atoms with Crippen LogP contribution in [0, 0.1) is 0 Å². The fourth-order valence-electron chi connectivity index (χ4n) is 2.50. The van der Waals surface area contributed by atoms with Gasteiger partial charge in [-0.05, 0) is 41.2 Å². The average molecular weight is 289 g/mol. The third-order valence-electron chi connectivity index (χ3n) is 3.77. The van der Waals surface area contributed by atoms with E-state index < -0.39 is 0 Å². The van der Waals surface area contributed by atoms with Gasteiger partial charge in [-0.25, -0.2) is 4.98 Å². The van der Waals surface area contributed by atoms with Gasteiger partial charge in [-0.15, -0.1) is 0 Å². The molecule has 1 aromatic heterocycles. The summed E-state index contributed by atoms with van der Waals surface area (Å²) in [6.07, 6.45) is 3.80. The number of nitrogens with zero attached hydrogens (tertiary/aromatic N) is 1. The summed E-state index contributed by atoms with van der Waals surface area (Å²) in [6.45, 7) is 0. The Labute approximate surface area is 131 Å². The largest absolute Gasteiger partial charge is 0.481 e. The highest BCUT2D eigenvalue weighted by molar-refractivity contribution is 5.63. The Bertz CT molecular complexity index is 720. The average Bonchev–Trinajstić information content (AvgIpc) is 2.61. The Morgan fingerprint density at radius 1 is 0.773 bits per heavy atom. The Morgan fingerprint density at radius 2 is 1.45 bits per heavy atom. The lowest BCUT2D eigenvalue weighted by Gasteiger charge is -2.06. The van der Waals surface area contributed by atoms with Crippen molar-refractivity contribution in [1.82, 2.24) is 4.98 Å². The van der Waals surface area contributed by atoms with E-state index in [9.17, 15) is 0 Å². The van der Waals surface area contributed by atoms with Crippen LogP contribution in [0.15, 0.2) is 72.9 Å². The third-order valence-corrected chi connectivity index (χ3v) is 3.77. The summed E-state index contributed by atoms with van der Waals surface area (Å²) in [5.74, 6) is 0.678. The van der Waals surface area contributed by atoms with Crippen molar-refractivity contribution in [2.24, 2.45) is 0 Å². The first-order valence-electron chi connectivity index (χ1n) is 7.48. The van der Waals surface area contributed by atoms with Crippen LogP contribution < -0.4 is 4.74 Å². The van der Waals surface area contributed by atoms with Crippen LogP contribution in [0.3, 0.4) is 0 Å². The highest BCUT2D eigenvalue weighted by Crippen LogP contribution is 2.20.